The van der Waals surface area contributed by atoms with Crippen molar-refractivity contribution in [2.24, 2.45) is 0 Å². The maximum absolute atomic E-state index is 13.9. The highest BCUT2D eigenvalue weighted by Gasteiger charge is 2.43. The van der Waals surface area contributed by atoms with Gasteiger partial charge in [-0.1, -0.05) is 24.3 Å². The molecular formula is C29H21F4N3O3. The minimum atomic E-state index is -4.81. The zero-order chi connectivity index (χ0) is 27.9. The second kappa shape index (κ2) is 9.54. The molecule has 0 unspecified atom stereocenters. The fourth-order valence-electron chi connectivity index (χ4n) is 4.30. The SMILES string of the molecule is CC1(C)Oc2c(-c3ccc(C(F)(F)F)c(C(=O)Nc4ccc(F)cc4)c3)cccc2N(c2ccccn2)C1=O. The molecule has 3 aromatic carbocycles. The van der Waals surface area contributed by atoms with Crippen molar-refractivity contribution < 1.29 is 31.9 Å². The van der Waals surface area contributed by atoms with E-state index < -0.39 is 34.6 Å². The van der Waals surface area contributed by atoms with Crippen LogP contribution in [0.3, 0.4) is 0 Å². The maximum Gasteiger partial charge on any atom is 0.417 e. The Morgan fingerprint density at radius 1 is 0.974 bits per heavy atom. The molecule has 198 valence electrons. The van der Waals surface area contributed by atoms with Gasteiger partial charge in [-0.05, 0) is 74.0 Å². The Morgan fingerprint density at radius 3 is 2.38 bits per heavy atom. The van der Waals surface area contributed by atoms with Gasteiger partial charge >= 0.3 is 6.18 Å². The Kier molecular flexibility index (Phi) is 6.33. The second-order valence-corrected chi connectivity index (χ2v) is 9.31. The average Bonchev–Trinajstić information content (AvgIpc) is 2.90. The summed E-state index contributed by atoms with van der Waals surface area (Å²) in [6.45, 7) is 3.17. The summed E-state index contributed by atoms with van der Waals surface area (Å²) in [6, 6.07) is 17.8. The molecule has 4 aromatic rings. The van der Waals surface area contributed by atoms with Crippen LogP contribution in [-0.4, -0.2) is 22.4 Å². The molecule has 0 fully saturated rings. The molecule has 0 saturated carbocycles. The van der Waals surface area contributed by atoms with Crippen molar-refractivity contribution in [2.75, 3.05) is 10.2 Å². The highest BCUT2D eigenvalue weighted by molar-refractivity contribution is 6.09. The number of nitrogens with one attached hydrogen (secondary N) is 1. The van der Waals surface area contributed by atoms with E-state index >= 15 is 0 Å². The van der Waals surface area contributed by atoms with Crippen LogP contribution in [0, 0.1) is 5.82 Å². The van der Waals surface area contributed by atoms with Crippen LogP contribution < -0.4 is 15.0 Å². The number of alkyl halides is 3. The summed E-state index contributed by atoms with van der Waals surface area (Å²) in [4.78, 5) is 32.0. The second-order valence-electron chi connectivity index (χ2n) is 9.31. The normalized spacial score (nSPS) is 14.4. The number of fused-ring (bicyclic) bond motifs is 1. The number of hydrogen-bond acceptors (Lipinski definition) is 4. The third kappa shape index (κ3) is 4.93. The molecule has 0 aliphatic carbocycles. The summed E-state index contributed by atoms with van der Waals surface area (Å²) in [5.74, 6) is -1.35. The smallest absolute Gasteiger partial charge is 0.417 e. The van der Waals surface area contributed by atoms with E-state index in [0.29, 0.717) is 17.1 Å². The van der Waals surface area contributed by atoms with Gasteiger partial charge in [0.2, 0.25) is 0 Å². The number of benzene rings is 3. The van der Waals surface area contributed by atoms with Gasteiger partial charge in [-0.15, -0.1) is 0 Å². The van der Waals surface area contributed by atoms with Crippen LogP contribution in [0.25, 0.3) is 11.1 Å². The van der Waals surface area contributed by atoms with E-state index in [2.05, 4.69) is 10.3 Å². The molecule has 1 aliphatic rings. The molecule has 0 saturated heterocycles. The van der Waals surface area contributed by atoms with Crippen molar-refractivity contribution in [3.8, 4) is 16.9 Å². The number of rotatable bonds is 4. The van der Waals surface area contributed by atoms with E-state index in [1.807, 2.05) is 0 Å². The molecule has 39 heavy (non-hydrogen) atoms. The number of aromatic nitrogens is 1. The van der Waals surface area contributed by atoms with Gasteiger partial charge in [0.15, 0.2) is 11.4 Å². The number of carbonyl (C=O) groups excluding carboxylic acids is 2. The van der Waals surface area contributed by atoms with Crippen LogP contribution in [0.4, 0.5) is 34.8 Å². The molecule has 2 amide bonds. The lowest BCUT2D eigenvalue weighted by molar-refractivity contribution is -0.138. The fraction of sp³-hybridized carbons (Fsp3) is 0.138. The largest absolute Gasteiger partial charge is 0.475 e. The van der Waals surface area contributed by atoms with E-state index in [0.717, 1.165) is 24.3 Å². The topological polar surface area (TPSA) is 71.5 Å². The van der Waals surface area contributed by atoms with Gasteiger partial charge < -0.3 is 10.1 Å². The lowest BCUT2D eigenvalue weighted by Crippen LogP contribution is -2.50. The number of hydrogen-bond donors (Lipinski definition) is 1. The van der Waals surface area contributed by atoms with Gasteiger partial charge in [-0.25, -0.2) is 9.37 Å². The highest BCUT2D eigenvalue weighted by atomic mass is 19.4. The van der Waals surface area contributed by atoms with Crippen molar-refractivity contribution in [3.63, 3.8) is 0 Å². The van der Waals surface area contributed by atoms with E-state index in [1.165, 1.54) is 29.3 Å². The maximum atomic E-state index is 13.9. The molecule has 0 atom stereocenters. The third-order valence-electron chi connectivity index (χ3n) is 6.17. The molecule has 6 nitrogen and oxygen atoms in total. The number of pyridine rings is 1. The van der Waals surface area contributed by atoms with Crippen LogP contribution in [0.2, 0.25) is 0 Å². The predicted molar refractivity (Wildman–Crippen MR) is 137 cm³/mol. The van der Waals surface area contributed by atoms with Crippen LogP contribution in [0.1, 0.15) is 29.8 Å². The number of amides is 2. The Hall–Kier alpha value is -4.73. The molecule has 1 N–H and O–H groups in total. The first-order chi connectivity index (χ1) is 18.5. The quantitative estimate of drug-likeness (QED) is 0.286. The molecule has 5 rings (SSSR count). The lowest BCUT2D eigenvalue weighted by Gasteiger charge is -2.39. The Bertz CT molecular complexity index is 1570. The predicted octanol–water partition coefficient (Wildman–Crippen LogP) is 6.99. The van der Waals surface area contributed by atoms with E-state index in [4.69, 9.17) is 4.74 Å². The Morgan fingerprint density at radius 2 is 1.72 bits per heavy atom. The summed E-state index contributed by atoms with van der Waals surface area (Å²) in [5.41, 5.74) is -1.97. The van der Waals surface area contributed by atoms with Gasteiger partial charge in [-0.2, -0.15) is 13.2 Å². The molecular weight excluding hydrogens is 514 g/mol. The van der Waals surface area contributed by atoms with Crippen LogP contribution in [-0.2, 0) is 11.0 Å². The number of halogens is 4. The first-order valence-corrected chi connectivity index (χ1v) is 11.8. The van der Waals surface area contributed by atoms with Gasteiger partial charge in [0.25, 0.3) is 11.8 Å². The monoisotopic (exact) mass is 535 g/mol. The molecule has 0 spiro atoms. The van der Waals surface area contributed by atoms with Crippen LogP contribution in [0.15, 0.2) is 85.1 Å². The van der Waals surface area contributed by atoms with E-state index in [1.54, 1.807) is 50.2 Å². The van der Waals surface area contributed by atoms with Crippen molar-refractivity contribution in [1.29, 1.82) is 0 Å². The number of ether oxygens (including phenoxy) is 1. The average molecular weight is 535 g/mol. The molecule has 2 heterocycles. The number of nitrogens with zero attached hydrogens (tertiary/aromatic N) is 2. The molecule has 1 aromatic heterocycles. The zero-order valence-electron chi connectivity index (χ0n) is 20.7. The van der Waals surface area contributed by atoms with Gasteiger partial charge in [-0.3, -0.25) is 14.5 Å². The summed E-state index contributed by atoms with van der Waals surface area (Å²) in [6.07, 6.45) is -3.28. The zero-order valence-corrected chi connectivity index (χ0v) is 20.7. The summed E-state index contributed by atoms with van der Waals surface area (Å²) >= 11 is 0. The minimum Gasteiger partial charge on any atom is -0.475 e. The lowest BCUT2D eigenvalue weighted by atomic mass is 9.95. The highest BCUT2D eigenvalue weighted by Crippen LogP contribution is 2.47. The third-order valence-corrected chi connectivity index (χ3v) is 6.17. The molecule has 10 heteroatoms. The Balaban J connectivity index is 1.64. The summed E-state index contributed by atoms with van der Waals surface area (Å²) in [7, 11) is 0. The first-order valence-electron chi connectivity index (χ1n) is 11.8. The van der Waals surface area contributed by atoms with Crippen molar-refractivity contribution in [2.45, 2.75) is 25.6 Å². The summed E-state index contributed by atoms with van der Waals surface area (Å²) < 4.78 is 61.0. The minimum absolute atomic E-state index is 0.131. The Labute approximate surface area is 220 Å². The standard InChI is InChI=1S/C29H21F4N3O3/c1-28(2)27(38)36(24-8-3-4-15-34-24)23-7-5-6-20(25(23)39-28)17-9-14-22(29(31,32)33)21(16-17)26(37)35-19-12-10-18(30)11-13-19/h3-16H,1-2H3,(H,35,37). The van der Waals surface area contributed by atoms with Gasteiger partial charge in [0, 0.05) is 17.4 Å². The summed E-state index contributed by atoms with van der Waals surface area (Å²) in [5, 5.41) is 2.39. The first kappa shape index (κ1) is 25.9. The van der Waals surface area contributed by atoms with Gasteiger partial charge in [0.1, 0.15) is 11.6 Å². The number of anilines is 3. The van der Waals surface area contributed by atoms with Crippen LogP contribution >= 0.6 is 0 Å². The molecule has 0 bridgehead atoms. The van der Waals surface area contributed by atoms with Crippen molar-refractivity contribution >= 4 is 29.0 Å². The molecule has 0 radical (unpaired) electrons. The number of para-hydroxylation sites is 1. The van der Waals surface area contributed by atoms with E-state index in [-0.39, 0.29) is 22.9 Å². The van der Waals surface area contributed by atoms with Crippen LogP contribution in [0.5, 0.6) is 5.75 Å². The number of carbonyl (C=O) groups is 2. The molecule has 1 aliphatic heterocycles. The van der Waals surface area contributed by atoms with E-state index in [9.17, 15) is 27.2 Å². The van der Waals surface area contributed by atoms with Gasteiger partial charge in [0.05, 0.1) is 16.8 Å². The van der Waals surface area contributed by atoms with Crippen molar-refractivity contribution in [3.05, 3.63) is 102 Å². The van der Waals surface area contributed by atoms with Crippen molar-refractivity contribution in [1.82, 2.24) is 4.98 Å². The fourth-order valence-corrected chi connectivity index (χ4v) is 4.30.